The molecule has 12 nitrogen and oxygen atoms in total. The lowest BCUT2D eigenvalue weighted by Gasteiger charge is -2.35. The molecule has 3 aromatic carbocycles. The first kappa shape index (κ1) is 37.0. The largest absolute Gasteiger partial charge is 0.497 e. The average Bonchev–Trinajstić information content (AvgIpc) is 3.41. The lowest BCUT2D eigenvalue weighted by Crippen LogP contribution is -2.48. The number of rotatable bonds is 9. The molecule has 1 unspecified atom stereocenters. The van der Waals surface area contributed by atoms with Crippen molar-refractivity contribution in [3.05, 3.63) is 123 Å². The lowest BCUT2D eigenvalue weighted by molar-refractivity contribution is -0.188. The number of cyclic esters (lactones) is 1. The molecule has 0 bridgehead atoms. The van der Waals surface area contributed by atoms with E-state index in [0.717, 1.165) is 22.0 Å². The predicted octanol–water partition coefficient (Wildman–Crippen LogP) is 5.76. The van der Waals surface area contributed by atoms with Crippen LogP contribution in [0.5, 0.6) is 5.75 Å². The van der Waals surface area contributed by atoms with Gasteiger partial charge in [-0.3, -0.25) is 19.1 Å². The van der Waals surface area contributed by atoms with Gasteiger partial charge in [-0.05, 0) is 68.3 Å². The molecule has 0 radical (unpaired) electrons. The van der Waals surface area contributed by atoms with Crippen molar-refractivity contribution in [3.63, 3.8) is 0 Å². The second-order valence-corrected chi connectivity index (χ2v) is 14.5. The number of aryl methyl sites for hydroxylation is 1. The number of para-hydroxylation sites is 1. The minimum atomic E-state index is -4.08. The maximum absolute atomic E-state index is 14.1. The van der Waals surface area contributed by atoms with E-state index < -0.39 is 34.1 Å². The Morgan fingerprint density at radius 3 is 2.47 bits per heavy atom. The zero-order valence-electron chi connectivity index (χ0n) is 29.0. The molecule has 0 saturated heterocycles. The molecule has 53 heavy (non-hydrogen) atoms. The highest BCUT2D eigenvalue weighted by Crippen LogP contribution is 2.43. The van der Waals surface area contributed by atoms with Gasteiger partial charge in [-0.15, -0.1) is 0 Å². The first-order chi connectivity index (χ1) is 24.9. The summed E-state index contributed by atoms with van der Waals surface area (Å²) >= 11 is 0. The van der Waals surface area contributed by atoms with Crippen molar-refractivity contribution in [2.45, 2.75) is 64.2 Å². The third kappa shape index (κ3) is 6.68. The van der Waals surface area contributed by atoms with Crippen LogP contribution in [0.2, 0.25) is 0 Å². The molecule has 0 fully saturated rings. The number of esters is 2. The van der Waals surface area contributed by atoms with E-state index >= 15 is 0 Å². The molecule has 5 aromatic rings. The SMILES string of the molecule is C.CC[C@@]1(OC(=O)CN=C(Cc2ccc(OC)cc2)NS(=O)(=O)c2ccc(C)cc2)C(=O)OCc2c1cc1n(c2=O)C(C)c2cc3ccccc3nc2-1. The number of ether oxygens (including phenoxy) is 3. The molecule has 2 atom stereocenters. The number of sulfonamides is 1. The number of nitrogens with one attached hydrogen (secondary N) is 1. The van der Waals surface area contributed by atoms with Crippen LogP contribution >= 0.6 is 0 Å². The molecule has 2 aromatic heterocycles. The summed E-state index contributed by atoms with van der Waals surface area (Å²) in [5.41, 5.74) is 2.42. The summed E-state index contributed by atoms with van der Waals surface area (Å²) in [7, 11) is -2.54. The van der Waals surface area contributed by atoms with Crippen LogP contribution in [0.25, 0.3) is 22.3 Å². The van der Waals surface area contributed by atoms with Crippen molar-refractivity contribution >= 4 is 38.7 Å². The Balaban J connectivity index is 0.00000481. The number of aromatic nitrogens is 2. The maximum Gasteiger partial charge on any atom is 0.355 e. The van der Waals surface area contributed by atoms with Crippen LogP contribution in [0.1, 0.15) is 61.6 Å². The van der Waals surface area contributed by atoms with Crippen LogP contribution in [0.4, 0.5) is 0 Å². The van der Waals surface area contributed by atoms with Crippen molar-refractivity contribution in [1.29, 1.82) is 0 Å². The summed E-state index contributed by atoms with van der Waals surface area (Å²) in [6.07, 6.45) is -0.0160. The average molecular weight is 737 g/mol. The van der Waals surface area contributed by atoms with Crippen LogP contribution in [0.3, 0.4) is 0 Å². The number of aliphatic imine (C=N–C) groups is 1. The Morgan fingerprint density at radius 2 is 1.77 bits per heavy atom. The third-order valence-electron chi connectivity index (χ3n) is 9.59. The van der Waals surface area contributed by atoms with Gasteiger partial charge in [-0.1, -0.05) is 62.4 Å². The smallest absolute Gasteiger partial charge is 0.355 e. The van der Waals surface area contributed by atoms with E-state index in [0.29, 0.717) is 22.7 Å². The Bertz CT molecular complexity index is 2440. The van der Waals surface area contributed by atoms with Crippen molar-refractivity contribution in [3.8, 4) is 17.1 Å². The van der Waals surface area contributed by atoms with E-state index in [2.05, 4.69) is 9.71 Å². The quantitative estimate of drug-likeness (QED) is 0.113. The number of pyridine rings is 2. The van der Waals surface area contributed by atoms with Gasteiger partial charge in [0.1, 0.15) is 24.7 Å². The highest BCUT2D eigenvalue weighted by atomic mass is 32.2. The van der Waals surface area contributed by atoms with Gasteiger partial charge in [0.2, 0.25) is 5.60 Å². The normalized spacial score (nSPS) is 17.5. The summed E-state index contributed by atoms with van der Waals surface area (Å²) < 4.78 is 47.5. The fourth-order valence-corrected chi connectivity index (χ4v) is 7.83. The maximum atomic E-state index is 14.1. The van der Waals surface area contributed by atoms with Crippen molar-refractivity contribution in [2.24, 2.45) is 4.99 Å². The predicted molar refractivity (Wildman–Crippen MR) is 200 cm³/mol. The number of amidine groups is 1. The first-order valence-electron chi connectivity index (χ1n) is 16.8. The standard InChI is InChI=1S/C39H36N4O8S.CH4/c1-5-39(31-20-33-36-29(19-26-8-6-7-9-32(26)41-36)24(3)43(33)37(45)30(31)22-50-38(39)46)51-35(44)21-40-34(18-25-12-14-27(49-4)15-13-25)42-52(47,48)28-16-10-23(2)11-17-28;/h6-17,19-20,24H,5,18,21-22H2,1-4H3,(H,40,42);1H4/t24?,39-;/m0./s1. The van der Waals surface area contributed by atoms with Crippen molar-refractivity contribution in [1.82, 2.24) is 14.3 Å². The van der Waals surface area contributed by atoms with Gasteiger partial charge < -0.3 is 14.2 Å². The number of methoxy groups -OCH3 is 1. The van der Waals surface area contributed by atoms with Gasteiger partial charge in [-0.25, -0.2) is 23.0 Å². The van der Waals surface area contributed by atoms with Gasteiger partial charge in [-0.2, -0.15) is 0 Å². The molecule has 7 rings (SSSR count). The van der Waals surface area contributed by atoms with Gasteiger partial charge in [0.15, 0.2) is 0 Å². The topological polar surface area (TPSA) is 155 Å². The molecule has 0 saturated carbocycles. The van der Waals surface area contributed by atoms with Crippen LogP contribution in [-0.4, -0.2) is 49.4 Å². The monoisotopic (exact) mass is 736 g/mol. The van der Waals surface area contributed by atoms with Crippen LogP contribution in [-0.2, 0) is 47.7 Å². The molecule has 13 heteroatoms. The molecule has 2 aliphatic rings. The molecule has 4 heterocycles. The van der Waals surface area contributed by atoms with E-state index in [1.165, 1.54) is 19.2 Å². The zero-order valence-corrected chi connectivity index (χ0v) is 29.8. The third-order valence-corrected chi connectivity index (χ3v) is 11.0. The summed E-state index contributed by atoms with van der Waals surface area (Å²) in [5.74, 6) is -1.16. The molecule has 0 amide bonds. The molecule has 1 N–H and O–H groups in total. The Kier molecular flexibility index (Phi) is 9.97. The van der Waals surface area contributed by atoms with E-state index in [1.54, 1.807) is 54.0 Å². The highest BCUT2D eigenvalue weighted by Gasteiger charge is 2.50. The van der Waals surface area contributed by atoms with Gasteiger partial charge in [0.25, 0.3) is 15.6 Å². The number of hydrogen-bond acceptors (Lipinski definition) is 10. The summed E-state index contributed by atoms with van der Waals surface area (Å²) in [6.45, 7) is 4.50. The van der Waals surface area contributed by atoms with E-state index in [9.17, 15) is 22.8 Å². The molecule has 2 aliphatic heterocycles. The second kappa shape index (κ2) is 14.3. The zero-order chi connectivity index (χ0) is 36.8. The second-order valence-electron chi connectivity index (χ2n) is 12.8. The number of benzene rings is 3. The van der Waals surface area contributed by atoms with Crippen LogP contribution in [0.15, 0.2) is 99.6 Å². The Hall–Kier alpha value is -5.82. The van der Waals surface area contributed by atoms with Crippen LogP contribution in [0, 0.1) is 6.92 Å². The number of carbonyl (C=O) groups is 2. The molecular formula is C40H40N4O8S. The van der Waals surface area contributed by atoms with E-state index in [1.807, 2.05) is 44.2 Å². The minimum Gasteiger partial charge on any atom is -0.497 e. The number of hydrogen-bond donors (Lipinski definition) is 1. The molecule has 274 valence electrons. The van der Waals surface area contributed by atoms with E-state index in [-0.39, 0.29) is 60.3 Å². The molecular weight excluding hydrogens is 697 g/mol. The number of nitrogens with zero attached hydrogens (tertiary/aromatic N) is 3. The van der Waals surface area contributed by atoms with Crippen molar-refractivity contribution in [2.75, 3.05) is 13.7 Å². The van der Waals surface area contributed by atoms with Gasteiger partial charge in [0.05, 0.1) is 40.5 Å². The van der Waals surface area contributed by atoms with Gasteiger partial charge in [0, 0.05) is 22.9 Å². The fourth-order valence-electron chi connectivity index (χ4n) is 6.77. The molecule has 0 spiro atoms. The van der Waals surface area contributed by atoms with Crippen molar-refractivity contribution < 1.29 is 32.2 Å². The number of carbonyl (C=O) groups excluding carboxylic acids is 2. The Labute approximate surface area is 307 Å². The summed E-state index contributed by atoms with van der Waals surface area (Å²) in [4.78, 5) is 50.5. The summed E-state index contributed by atoms with van der Waals surface area (Å²) in [6, 6.07) is 24.3. The first-order valence-corrected chi connectivity index (χ1v) is 18.3. The lowest BCUT2D eigenvalue weighted by atomic mass is 9.85. The van der Waals surface area contributed by atoms with Crippen LogP contribution < -0.4 is 15.0 Å². The molecule has 0 aliphatic carbocycles. The highest BCUT2D eigenvalue weighted by molar-refractivity contribution is 7.90. The summed E-state index contributed by atoms with van der Waals surface area (Å²) in [5, 5.41) is 0.933. The minimum absolute atomic E-state index is 0. The number of fused-ring (bicyclic) bond motifs is 5. The fraction of sp³-hybridized carbons (Fsp3) is 0.275. The van der Waals surface area contributed by atoms with Gasteiger partial charge >= 0.3 is 11.9 Å². The van der Waals surface area contributed by atoms with E-state index in [4.69, 9.17) is 19.2 Å². The Morgan fingerprint density at radius 1 is 1.06 bits per heavy atom.